The van der Waals surface area contributed by atoms with Crippen LogP contribution in [0, 0.1) is 11.8 Å². The zero-order valence-electron chi connectivity index (χ0n) is 18.2. The standard InChI is InChI=1S/C25H30F3NO2/c1-4-22(24(30)31)19-13-14-29(21-11-7-17(8-12-21)16(2)3)23(15-19)18-5-9-20(10-6-18)25(26,27)28/h5-12,16,19,22-23H,4,13-15H2,1-3H3,(H,30,31)/p-1. The molecule has 0 aliphatic carbocycles. The van der Waals surface area contributed by atoms with Crippen LogP contribution in [0.5, 0.6) is 0 Å². The van der Waals surface area contributed by atoms with Crippen LogP contribution in [0.3, 0.4) is 0 Å². The van der Waals surface area contributed by atoms with Crippen LogP contribution in [0.4, 0.5) is 18.9 Å². The predicted molar refractivity (Wildman–Crippen MR) is 114 cm³/mol. The predicted octanol–water partition coefficient (Wildman–Crippen LogP) is 5.56. The van der Waals surface area contributed by atoms with Crippen molar-refractivity contribution >= 4 is 11.7 Å². The lowest BCUT2D eigenvalue weighted by Gasteiger charge is -2.44. The average molecular weight is 433 g/mol. The molecule has 0 radical (unpaired) electrons. The molecule has 1 aliphatic rings. The number of halogens is 3. The highest BCUT2D eigenvalue weighted by atomic mass is 19.4. The number of carboxylic acid groups (broad SMARTS) is 1. The Morgan fingerprint density at radius 2 is 1.71 bits per heavy atom. The van der Waals surface area contributed by atoms with E-state index in [9.17, 15) is 23.1 Å². The van der Waals surface area contributed by atoms with Gasteiger partial charge in [0.05, 0.1) is 11.6 Å². The van der Waals surface area contributed by atoms with Gasteiger partial charge in [-0.05, 0) is 66.5 Å². The SMILES string of the molecule is CCC(C(=O)[O-])C1CCN(c2ccc(C(C)C)cc2)C(c2ccc(C(F)(F)F)cc2)C1. The van der Waals surface area contributed by atoms with Crippen molar-refractivity contribution in [3.63, 3.8) is 0 Å². The van der Waals surface area contributed by atoms with E-state index in [1.807, 2.05) is 19.1 Å². The van der Waals surface area contributed by atoms with Gasteiger partial charge in [-0.15, -0.1) is 0 Å². The summed E-state index contributed by atoms with van der Waals surface area (Å²) in [5.41, 5.74) is 2.29. The van der Waals surface area contributed by atoms with E-state index in [2.05, 4.69) is 30.9 Å². The molecule has 0 saturated carbocycles. The number of carbonyl (C=O) groups is 1. The molecular formula is C25H29F3NO2-. The average Bonchev–Trinajstić information content (AvgIpc) is 2.73. The lowest BCUT2D eigenvalue weighted by Crippen LogP contribution is -2.43. The van der Waals surface area contributed by atoms with E-state index in [0.29, 0.717) is 31.7 Å². The fourth-order valence-corrected chi connectivity index (χ4v) is 4.62. The monoisotopic (exact) mass is 432 g/mol. The van der Waals surface area contributed by atoms with Crippen molar-refractivity contribution in [2.75, 3.05) is 11.4 Å². The van der Waals surface area contributed by atoms with E-state index >= 15 is 0 Å². The molecule has 3 unspecified atom stereocenters. The van der Waals surface area contributed by atoms with E-state index in [4.69, 9.17) is 0 Å². The molecule has 1 heterocycles. The van der Waals surface area contributed by atoms with Crippen molar-refractivity contribution < 1.29 is 23.1 Å². The normalized spacial score (nSPS) is 20.7. The van der Waals surface area contributed by atoms with Gasteiger partial charge in [0.1, 0.15) is 0 Å². The number of benzene rings is 2. The van der Waals surface area contributed by atoms with Crippen molar-refractivity contribution in [1.82, 2.24) is 0 Å². The second-order valence-corrected chi connectivity index (χ2v) is 8.69. The fourth-order valence-electron chi connectivity index (χ4n) is 4.62. The van der Waals surface area contributed by atoms with Gasteiger partial charge in [-0.3, -0.25) is 0 Å². The van der Waals surface area contributed by atoms with Gasteiger partial charge >= 0.3 is 6.18 Å². The van der Waals surface area contributed by atoms with E-state index in [1.165, 1.54) is 17.7 Å². The Kier molecular flexibility index (Phi) is 6.97. The largest absolute Gasteiger partial charge is 0.550 e. The van der Waals surface area contributed by atoms with Crippen LogP contribution in [-0.2, 0) is 11.0 Å². The van der Waals surface area contributed by atoms with Crippen molar-refractivity contribution in [1.29, 1.82) is 0 Å². The topological polar surface area (TPSA) is 43.4 Å². The number of alkyl halides is 3. The molecule has 0 aromatic heterocycles. The number of rotatable bonds is 6. The van der Waals surface area contributed by atoms with E-state index in [1.54, 1.807) is 0 Å². The molecule has 0 amide bonds. The van der Waals surface area contributed by atoms with Crippen LogP contribution in [0.15, 0.2) is 48.5 Å². The van der Waals surface area contributed by atoms with Gasteiger partial charge in [0.2, 0.25) is 0 Å². The molecule has 6 heteroatoms. The summed E-state index contributed by atoms with van der Waals surface area (Å²) in [6, 6.07) is 13.3. The highest BCUT2D eigenvalue weighted by molar-refractivity contribution is 5.68. The summed E-state index contributed by atoms with van der Waals surface area (Å²) in [5, 5.41) is 11.6. The van der Waals surface area contributed by atoms with Crippen LogP contribution in [-0.4, -0.2) is 12.5 Å². The third-order valence-electron chi connectivity index (χ3n) is 6.47. The number of piperidine rings is 1. The minimum Gasteiger partial charge on any atom is -0.550 e. The Balaban J connectivity index is 1.94. The summed E-state index contributed by atoms with van der Waals surface area (Å²) in [6.45, 7) is 6.72. The maximum Gasteiger partial charge on any atom is 0.416 e. The van der Waals surface area contributed by atoms with Gasteiger partial charge in [-0.25, -0.2) is 0 Å². The molecule has 3 atom stereocenters. The zero-order chi connectivity index (χ0) is 22.8. The quantitative estimate of drug-likeness (QED) is 0.600. The van der Waals surface area contributed by atoms with Crippen LogP contribution in [0.1, 0.15) is 68.7 Å². The van der Waals surface area contributed by atoms with Gasteiger partial charge in [-0.2, -0.15) is 13.2 Å². The molecule has 1 fully saturated rings. The maximum absolute atomic E-state index is 13.0. The Labute approximate surface area is 181 Å². The van der Waals surface area contributed by atoms with E-state index in [-0.39, 0.29) is 12.0 Å². The molecule has 1 aliphatic heterocycles. The number of anilines is 1. The molecule has 0 N–H and O–H groups in total. The van der Waals surface area contributed by atoms with Crippen LogP contribution >= 0.6 is 0 Å². The second kappa shape index (κ2) is 9.33. The highest BCUT2D eigenvalue weighted by Crippen LogP contribution is 2.42. The highest BCUT2D eigenvalue weighted by Gasteiger charge is 2.35. The first-order valence-corrected chi connectivity index (χ1v) is 10.9. The fraction of sp³-hybridized carbons (Fsp3) is 0.480. The first kappa shape index (κ1) is 23.2. The van der Waals surface area contributed by atoms with E-state index < -0.39 is 23.6 Å². The summed E-state index contributed by atoms with van der Waals surface area (Å²) >= 11 is 0. The summed E-state index contributed by atoms with van der Waals surface area (Å²) < 4.78 is 39.1. The number of carboxylic acids is 1. The van der Waals surface area contributed by atoms with Gasteiger partial charge in [0.25, 0.3) is 0 Å². The molecule has 3 nitrogen and oxygen atoms in total. The Bertz CT molecular complexity index is 875. The van der Waals surface area contributed by atoms with Crippen LogP contribution in [0.2, 0.25) is 0 Å². The van der Waals surface area contributed by atoms with Crippen LogP contribution < -0.4 is 10.0 Å². The Morgan fingerprint density at radius 1 is 1.10 bits per heavy atom. The smallest absolute Gasteiger partial charge is 0.416 e. The lowest BCUT2D eigenvalue weighted by atomic mass is 9.78. The van der Waals surface area contributed by atoms with Crippen molar-refractivity contribution in [3.05, 3.63) is 65.2 Å². The summed E-state index contributed by atoms with van der Waals surface area (Å²) in [5.74, 6) is -1.27. The Hall–Kier alpha value is -2.50. The maximum atomic E-state index is 13.0. The first-order chi connectivity index (χ1) is 14.6. The molecule has 0 bridgehead atoms. The van der Waals surface area contributed by atoms with E-state index in [0.717, 1.165) is 23.4 Å². The molecule has 1 saturated heterocycles. The third-order valence-corrected chi connectivity index (χ3v) is 6.47. The van der Waals surface area contributed by atoms with Crippen molar-refractivity contribution in [3.8, 4) is 0 Å². The number of hydrogen-bond donors (Lipinski definition) is 0. The van der Waals surface area contributed by atoms with Gasteiger partial charge in [0.15, 0.2) is 0 Å². The summed E-state index contributed by atoms with van der Waals surface area (Å²) in [6.07, 6.45) is -2.64. The van der Waals surface area contributed by atoms with Crippen molar-refractivity contribution in [2.24, 2.45) is 11.8 Å². The number of hydrogen-bond acceptors (Lipinski definition) is 3. The molecular weight excluding hydrogens is 403 g/mol. The minimum absolute atomic E-state index is 0.0755. The Morgan fingerprint density at radius 3 is 2.19 bits per heavy atom. The molecule has 168 valence electrons. The van der Waals surface area contributed by atoms with Gasteiger partial charge in [-0.1, -0.05) is 45.0 Å². The lowest BCUT2D eigenvalue weighted by molar-refractivity contribution is -0.313. The third kappa shape index (κ3) is 5.23. The molecule has 0 spiro atoms. The first-order valence-electron chi connectivity index (χ1n) is 10.9. The molecule has 3 rings (SSSR count). The van der Waals surface area contributed by atoms with Gasteiger partial charge in [0, 0.05) is 24.1 Å². The summed E-state index contributed by atoms with van der Waals surface area (Å²) in [7, 11) is 0. The number of nitrogens with zero attached hydrogens (tertiary/aromatic N) is 1. The zero-order valence-corrected chi connectivity index (χ0v) is 18.2. The molecule has 2 aromatic rings. The van der Waals surface area contributed by atoms with Crippen LogP contribution in [0.25, 0.3) is 0 Å². The molecule has 2 aromatic carbocycles. The molecule has 31 heavy (non-hydrogen) atoms. The van der Waals surface area contributed by atoms with Crippen molar-refractivity contribution in [2.45, 2.75) is 58.2 Å². The summed E-state index contributed by atoms with van der Waals surface area (Å²) in [4.78, 5) is 13.8. The number of aliphatic carboxylic acids is 1. The number of carbonyl (C=O) groups excluding carboxylic acids is 1. The second-order valence-electron chi connectivity index (χ2n) is 8.69. The minimum atomic E-state index is -4.39. The van der Waals surface area contributed by atoms with Gasteiger partial charge < -0.3 is 14.8 Å².